The lowest BCUT2D eigenvalue weighted by Crippen LogP contribution is -2.10. The van der Waals surface area contributed by atoms with Crippen LogP contribution in [0.2, 0.25) is 0 Å². The maximum atomic E-state index is 6.42. The first-order valence-corrected chi connectivity index (χ1v) is 16.8. The molecule has 0 aliphatic carbocycles. The first-order chi connectivity index (χ1) is 24.4. The van der Waals surface area contributed by atoms with Crippen LogP contribution in [0, 0.1) is 0 Å². The van der Waals surface area contributed by atoms with Crippen molar-refractivity contribution in [1.82, 2.24) is 24.5 Å². The summed E-state index contributed by atoms with van der Waals surface area (Å²) in [6.45, 7) is 6.65. The van der Waals surface area contributed by atoms with Crippen LogP contribution in [0.1, 0.15) is 26.3 Å². The third-order valence-corrected chi connectivity index (χ3v) is 9.27. The predicted molar refractivity (Wildman–Crippen MR) is 202 cm³/mol. The van der Waals surface area contributed by atoms with Crippen molar-refractivity contribution in [1.29, 1.82) is 0 Å². The van der Waals surface area contributed by atoms with Gasteiger partial charge in [0, 0.05) is 33.2 Å². The molecule has 6 heteroatoms. The van der Waals surface area contributed by atoms with Crippen LogP contribution < -0.4 is 0 Å². The fourth-order valence-electron chi connectivity index (χ4n) is 6.67. The Balaban J connectivity index is 1.25. The molecule has 0 fully saturated rings. The average Bonchev–Trinajstić information content (AvgIpc) is 3.75. The van der Waals surface area contributed by atoms with Gasteiger partial charge in [-0.3, -0.25) is 0 Å². The van der Waals surface area contributed by atoms with Crippen molar-refractivity contribution in [2.75, 3.05) is 0 Å². The number of aromatic nitrogens is 5. The van der Waals surface area contributed by atoms with Crippen LogP contribution in [0.25, 0.3) is 84.2 Å². The van der Waals surface area contributed by atoms with E-state index in [1.54, 1.807) is 0 Å². The summed E-state index contributed by atoms with van der Waals surface area (Å²) in [7, 11) is 0. The van der Waals surface area contributed by atoms with Gasteiger partial charge in [0.2, 0.25) is 5.89 Å². The van der Waals surface area contributed by atoms with Gasteiger partial charge in [-0.1, -0.05) is 106 Å². The summed E-state index contributed by atoms with van der Waals surface area (Å²) < 4.78 is 8.73. The van der Waals surface area contributed by atoms with Crippen LogP contribution in [-0.4, -0.2) is 24.5 Å². The van der Waals surface area contributed by atoms with Crippen LogP contribution in [0.4, 0.5) is 0 Å². The third-order valence-electron chi connectivity index (χ3n) is 9.27. The summed E-state index contributed by atoms with van der Waals surface area (Å²) >= 11 is 0. The summed E-state index contributed by atoms with van der Waals surface area (Å²) in [6, 6.07) is 49.8. The molecule has 9 rings (SSSR count). The normalized spacial score (nSPS) is 11.9. The third kappa shape index (κ3) is 5.13. The van der Waals surface area contributed by atoms with Crippen LogP contribution in [0.15, 0.2) is 150 Å². The number of para-hydroxylation sites is 3. The largest absolute Gasteiger partial charge is 0.435 e. The zero-order valence-electron chi connectivity index (χ0n) is 28.0. The SMILES string of the molecule is CC(C)(C)c1ccc(-c2nc(-c3ccc4c(c3)c3ccccc3n4-c3ccccc3)nc(-c3cccc4nc(-c5ccccc5)oc34)n2)cc1. The Labute approximate surface area is 289 Å². The first-order valence-electron chi connectivity index (χ1n) is 16.8. The highest BCUT2D eigenvalue weighted by atomic mass is 16.3. The molecule has 6 nitrogen and oxygen atoms in total. The molecule has 0 aliphatic rings. The second-order valence-corrected chi connectivity index (χ2v) is 13.6. The minimum absolute atomic E-state index is 0.0285. The molecule has 0 aliphatic heterocycles. The number of hydrogen-bond donors (Lipinski definition) is 0. The van der Waals surface area contributed by atoms with E-state index >= 15 is 0 Å². The standard InChI is InChI=1S/C44H33N5O/c1-44(2,3)31-24-21-28(22-25-31)40-46-41(48-42(47-40)34-18-12-19-36-39(34)50-43(45-36)29-13-6-4-7-14-29)30-23-26-38-35(27-30)33-17-10-11-20-37(33)49(38)32-15-8-5-9-16-32/h4-27H,1-3H3. The lowest BCUT2D eigenvalue weighted by Gasteiger charge is -2.19. The zero-order chi connectivity index (χ0) is 33.8. The highest BCUT2D eigenvalue weighted by Gasteiger charge is 2.20. The Morgan fingerprint density at radius 2 is 1.14 bits per heavy atom. The summed E-state index contributed by atoms with van der Waals surface area (Å²) in [6.07, 6.45) is 0. The lowest BCUT2D eigenvalue weighted by atomic mass is 9.87. The van der Waals surface area contributed by atoms with Gasteiger partial charge in [-0.15, -0.1) is 0 Å². The van der Waals surface area contributed by atoms with E-state index in [2.05, 4.69) is 116 Å². The molecule has 50 heavy (non-hydrogen) atoms. The number of rotatable bonds is 5. The molecule has 0 saturated carbocycles. The topological polar surface area (TPSA) is 69.6 Å². The quantitative estimate of drug-likeness (QED) is 0.186. The summed E-state index contributed by atoms with van der Waals surface area (Å²) in [5.74, 6) is 2.26. The van der Waals surface area contributed by atoms with Gasteiger partial charge in [0.05, 0.1) is 16.6 Å². The van der Waals surface area contributed by atoms with Gasteiger partial charge in [0.1, 0.15) is 5.52 Å². The van der Waals surface area contributed by atoms with E-state index in [0.29, 0.717) is 28.9 Å². The molecule has 0 unspecified atom stereocenters. The van der Waals surface area contributed by atoms with Gasteiger partial charge in [-0.05, 0) is 71.6 Å². The van der Waals surface area contributed by atoms with Crippen LogP contribution in [0.3, 0.4) is 0 Å². The number of fused-ring (bicyclic) bond motifs is 4. The van der Waals surface area contributed by atoms with E-state index in [4.69, 9.17) is 24.4 Å². The van der Waals surface area contributed by atoms with Crippen LogP contribution >= 0.6 is 0 Å². The monoisotopic (exact) mass is 647 g/mol. The highest BCUT2D eigenvalue weighted by molar-refractivity contribution is 6.10. The molecule has 0 amide bonds. The van der Waals surface area contributed by atoms with E-state index in [1.807, 2.05) is 54.6 Å². The molecule has 0 atom stereocenters. The molecule has 3 heterocycles. The number of oxazole rings is 1. The van der Waals surface area contributed by atoms with E-state index in [-0.39, 0.29) is 5.41 Å². The average molecular weight is 648 g/mol. The van der Waals surface area contributed by atoms with E-state index < -0.39 is 0 Å². The van der Waals surface area contributed by atoms with Crippen molar-refractivity contribution in [3.63, 3.8) is 0 Å². The lowest BCUT2D eigenvalue weighted by molar-refractivity contribution is 0.590. The number of hydrogen-bond acceptors (Lipinski definition) is 5. The minimum atomic E-state index is 0.0285. The Bertz CT molecular complexity index is 2670. The molecule has 0 spiro atoms. The van der Waals surface area contributed by atoms with Crippen molar-refractivity contribution in [2.45, 2.75) is 26.2 Å². The molecule has 9 aromatic rings. The van der Waals surface area contributed by atoms with Gasteiger partial charge >= 0.3 is 0 Å². The van der Waals surface area contributed by atoms with Gasteiger partial charge in [0.15, 0.2) is 23.1 Å². The Kier molecular flexibility index (Phi) is 6.92. The predicted octanol–water partition coefficient (Wildman–Crippen LogP) is 11.1. The Hall–Kier alpha value is -6.40. The second-order valence-electron chi connectivity index (χ2n) is 13.6. The first kappa shape index (κ1) is 29.7. The second kappa shape index (κ2) is 11.6. The maximum Gasteiger partial charge on any atom is 0.227 e. The zero-order valence-corrected chi connectivity index (χ0v) is 28.0. The molecule has 0 radical (unpaired) electrons. The molecule has 3 aromatic heterocycles. The molecule has 6 aromatic carbocycles. The van der Waals surface area contributed by atoms with Gasteiger partial charge in [-0.2, -0.15) is 0 Å². The smallest absolute Gasteiger partial charge is 0.227 e. The van der Waals surface area contributed by atoms with Crippen molar-refractivity contribution < 1.29 is 4.42 Å². The van der Waals surface area contributed by atoms with Crippen LogP contribution in [0.5, 0.6) is 0 Å². The fourth-order valence-corrected chi connectivity index (χ4v) is 6.67. The van der Waals surface area contributed by atoms with E-state index in [9.17, 15) is 0 Å². The van der Waals surface area contributed by atoms with Crippen LogP contribution in [-0.2, 0) is 5.41 Å². The molecule has 240 valence electrons. The van der Waals surface area contributed by atoms with Gasteiger partial charge in [-0.25, -0.2) is 19.9 Å². The summed E-state index contributed by atoms with van der Waals surface area (Å²) in [5.41, 5.74) is 9.53. The van der Waals surface area contributed by atoms with E-state index in [1.165, 1.54) is 10.9 Å². The van der Waals surface area contributed by atoms with Crippen molar-refractivity contribution in [3.8, 4) is 51.3 Å². The summed E-state index contributed by atoms with van der Waals surface area (Å²) in [5, 5.41) is 2.30. The number of benzene rings is 6. The molecule has 0 N–H and O–H groups in total. The fraction of sp³-hybridized carbons (Fsp3) is 0.0909. The van der Waals surface area contributed by atoms with Crippen molar-refractivity contribution in [3.05, 3.63) is 151 Å². The van der Waals surface area contributed by atoms with Gasteiger partial charge in [0.25, 0.3) is 0 Å². The molecule has 0 saturated heterocycles. The Morgan fingerprint density at radius 3 is 1.90 bits per heavy atom. The number of nitrogens with zero attached hydrogens (tertiary/aromatic N) is 5. The van der Waals surface area contributed by atoms with E-state index in [0.717, 1.165) is 49.9 Å². The molecular formula is C44H33N5O. The van der Waals surface area contributed by atoms with Crippen molar-refractivity contribution in [2.24, 2.45) is 0 Å². The highest BCUT2D eigenvalue weighted by Crippen LogP contribution is 2.36. The maximum absolute atomic E-state index is 6.42. The minimum Gasteiger partial charge on any atom is -0.435 e. The molecular weight excluding hydrogens is 615 g/mol. The summed E-state index contributed by atoms with van der Waals surface area (Å²) in [4.78, 5) is 20.1. The van der Waals surface area contributed by atoms with Gasteiger partial charge < -0.3 is 8.98 Å². The van der Waals surface area contributed by atoms with Crippen molar-refractivity contribution >= 4 is 32.9 Å². The Morgan fingerprint density at radius 1 is 0.500 bits per heavy atom. The molecule has 0 bridgehead atoms.